The van der Waals surface area contributed by atoms with Gasteiger partial charge in [-0.05, 0) is 51.7 Å². The average Bonchev–Trinajstić information content (AvgIpc) is 2.39. The Morgan fingerprint density at radius 3 is 2.11 bits per heavy atom. The van der Waals surface area contributed by atoms with Crippen molar-refractivity contribution in [2.75, 3.05) is 13.1 Å². The molecule has 19 heavy (non-hydrogen) atoms. The van der Waals surface area contributed by atoms with Gasteiger partial charge >= 0.3 is 0 Å². The third kappa shape index (κ3) is 5.34. The Morgan fingerprint density at radius 1 is 1.00 bits per heavy atom. The van der Waals surface area contributed by atoms with E-state index >= 15 is 0 Å². The van der Waals surface area contributed by atoms with Gasteiger partial charge in [0.05, 0.1) is 0 Å². The van der Waals surface area contributed by atoms with E-state index in [4.69, 9.17) is 0 Å². The summed E-state index contributed by atoms with van der Waals surface area (Å²) in [5, 5.41) is 0. The summed E-state index contributed by atoms with van der Waals surface area (Å²) in [6.45, 7) is 16.5. The van der Waals surface area contributed by atoms with Crippen LogP contribution in [0.2, 0.25) is 0 Å². The first-order valence-electron chi connectivity index (χ1n) is 7.17. The Balaban J connectivity index is 2.91. The number of hydrogen-bond donors (Lipinski definition) is 0. The molecule has 1 aliphatic rings. The van der Waals surface area contributed by atoms with Gasteiger partial charge in [0.2, 0.25) is 0 Å². The van der Waals surface area contributed by atoms with Crippen LogP contribution in [0.5, 0.6) is 0 Å². The lowest BCUT2D eigenvalue weighted by Crippen LogP contribution is -2.28. The lowest BCUT2D eigenvalue weighted by Gasteiger charge is -2.30. The Bertz CT molecular complexity index is 415. The molecule has 1 aliphatic heterocycles. The molecule has 0 spiro atoms. The van der Waals surface area contributed by atoms with Crippen LogP contribution in [0.3, 0.4) is 0 Å². The molecule has 104 valence electrons. The van der Waals surface area contributed by atoms with Crippen LogP contribution >= 0.6 is 0 Å². The second kappa shape index (κ2) is 7.83. The van der Waals surface area contributed by atoms with Crippen LogP contribution in [0, 0.1) is 0 Å². The third-order valence-electron chi connectivity index (χ3n) is 3.36. The van der Waals surface area contributed by atoms with Crippen LogP contribution in [-0.2, 0) is 0 Å². The Labute approximate surface area is 118 Å². The molecule has 0 aliphatic carbocycles. The summed E-state index contributed by atoms with van der Waals surface area (Å²) in [5.41, 5.74) is 4.65. The normalized spacial score (nSPS) is 17.9. The standard InChI is InChI=1S/C18H27N/c1-6-18(19-12-8-7-9-13-19)14-17(16(4)5)11-10-15(2)3/h6,10-11,14H,2,4,7-9,12-13H2,1,3,5H3/b11-10-,17-14-,18-6+. The molecular formula is C18H27N. The van der Waals surface area contributed by atoms with Crippen molar-refractivity contribution >= 4 is 0 Å². The van der Waals surface area contributed by atoms with Crippen LogP contribution in [0.4, 0.5) is 0 Å². The first-order valence-corrected chi connectivity index (χ1v) is 7.17. The van der Waals surface area contributed by atoms with E-state index in [-0.39, 0.29) is 0 Å². The summed E-state index contributed by atoms with van der Waals surface area (Å²) in [7, 11) is 0. The van der Waals surface area contributed by atoms with E-state index in [2.05, 4.69) is 50.1 Å². The second-order valence-electron chi connectivity index (χ2n) is 5.32. The van der Waals surface area contributed by atoms with Gasteiger partial charge in [-0.3, -0.25) is 0 Å². The van der Waals surface area contributed by atoms with Gasteiger partial charge in [-0.25, -0.2) is 0 Å². The molecule has 0 N–H and O–H groups in total. The highest BCUT2D eigenvalue weighted by Crippen LogP contribution is 2.19. The molecule has 1 nitrogen and oxygen atoms in total. The summed E-state index contributed by atoms with van der Waals surface area (Å²) >= 11 is 0. The SMILES string of the molecule is C=C(C)\C=C/C(=C/C(=C\C)N1CCCCC1)C(=C)C. The molecule has 1 heteroatoms. The summed E-state index contributed by atoms with van der Waals surface area (Å²) in [6.07, 6.45) is 12.6. The van der Waals surface area contributed by atoms with Gasteiger partial charge in [-0.2, -0.15) is 0 Å². The van der Waals surface area contributed by atoms with Crippen molar-refractivity contribution in [1.29, 1.82) is 0 Å². The molecule has 0 atom stereocenters. The molecule has 1 heterocycles. The minimum absolute atomic E-state index is 1.06. The smallest absolute Gasteiger partial charge is 0.0328 e. The van der Waals surface area contributed by atoms with Crippen molar-refractivity contribution in [1.82, 2.24) is 4.90 Å². The van der Waals surface area contributed by atoms with Crippen LogP contribution < -0.4 is 0 Å². The van der Waals surface area contributed by atoms with Crippen molar-refractivity contribution in [3.63, 3.8) is 0 Å². The fourth-order valence-corrected chi connectivity index (χ4v) is 2.21. The molecule has 0 unspecified atom stereocenters. The number of likely N-dealkylation sites (tertiary alicyclic amines) is 1. The zero-order valence-electron chi connectivity index (χ0n) is 12.7. The molecule has 0 amide bonds. The van der Waals surface area contributed by atoms with Gasteiger partial charge in [0.15, 0.2) is 0 Å². The van der Waals surface area contributed by atoms with Gasteiger partial charge in [-0.15, -0.1) is 0 Å². The van der Waals surface area contributed by atoms with E-state index in [0.717, 1.165) is 11.1 Å². The lowest BCUT2D eigenvalue weighted by molar-refractivity contribution is 0.292. The van der Waals surface area contributed by atoms with Crippen LogP contribution in [0.25, 0.3) is 0 Å². The quantitative estimate of drug-likeness (QED) is 0.626. The van der Waals surface area contributed by atoms with Crippen molar-refractivity contribution in [2.24, 2.45) is 0 Å². The van der Waals surface area contributed by atoms with E-state index in [1.165, 1.54) is 43.6 Å². The Morgan fingerprint density at radius 2 is 1.63 bits per heavy atom. The van der Waals surface area contributed by atoms with Gasteiger partial charge in [0.1, 0.15) is 0 Å². The molecule has 0 aromatic rings. The Hall–Kier alpha value is -1.50. The number of allylic oxidation sites excluding steroid dienone is 7. The average molecular weight is 257 g/mol. The molecule has 1 saturated heterocycles. The zero-order chi connectivity index (χ0) is 14.3. The Kier molecular flexibility index (Phi) is 6.41. The summed E-state index contributed by atoms with van der Waals surface area (Å²) < 4.78 is 0. The van der Waals surface area contributed by atoms with Crippen molar-refractivity contribution in [3.8, 4) is 0 Å². The number of piperidine rings is 1. The molecule has 0 aromatic carbocycles. The highest BCUT2D eigenvalue weighted by atomic mass is 15.1. The van der Waals surface area contributed by atoms with Crippen LogP contribution in [0.15, 0.2) is 59.9 Å². The van der Waals surface area contributed by atoms with E-state index in [0.29, 0.717) is 0 Å². The van der Waals surface area contributed by atoms with Crippen molar-refractivity contribution < 1.29 is 0 Å². The maximum Gasteiger partial charge on any atom is 0.0328 e. The van der Waals surface area contributed by atoms with Gasteiger partial charge in [0, 0.05) is 18.8 Å². The molecular weight excluding hydrogens is 230 g/mol. The van der Waals surface area contributed by atoms with Gasteiger partial charge in [0.25, 0.3) is 0 Å². The summed E-state index contributed by atoms with van der Waals surface area (Å²) in [4.78, 5) is 2.47. The summed E-state index contributed by atoms with van der Waals surface area (Å²) in [6, 6.07) is 0. The number of rotatable bonds is 5. The molecule has 0 saturated carbocycles. The lowest BCUT2D eigenvalue weighted by atomic mass is 10.0. The fraction of sp³-hybridized carbons (Fsp3) is 0.444. The van der Waals surface area contributed by atoms with Crippen molar-refractivity contribution in [3.05, 3.63) is 59.9 Å². The predicted octanol–water partition coefficient (Wildman–Crippen LogP) is 5.01. The molecule has 0 bridgehead atoms. The fourth-order valence-electron chi connectivity index (χ4n) is 2.21. The van der Waals surface area contributed by atoms with E-state index in [1.54, 1.807) is 0 Å². The molecule has 1 fully saturated rings. The highest BCUT2D eigenvalue weighted by Gasteiger charge is 2.11. The summed E-state index contributed by atoms with van der Waals surface area (Å²) in [5.74, 6) is 0. The molecule has 1 rings (SSSR count). The highest BCUT2D eigenvalue weighted by molar-refractivity contribution is 5.43. The van der Waals surface area contributed by atoms with E-state index < -0.39 is 0 Å². The second-order valence-corrected chi connectivity index (χ2v) is 5.32. The minimum Gasteiger partial charge on any atom is -0.372 e. The minimum atomic E-state index is 1.06. The third-order valence-corrected chi connectivity index (χ3v) is 3.36. The van der Waals surface area contributed by atoms with Gasteiger partial charge in [-0.1, -0.05) is 42.5 Å². The molecule has 0 aromatic heterocycles. The number of hydrogen-bond acceptors (Lipinski definition) is 1. The largest absolute Gasteiger partial charge is 0.372 e. The predicted molar refractivity (Wildman–Crippen MR) is 86.0 cm³/mol. The monoisotopic (exact) mass is 257 g/mol. The first-order chi connectivity index (χ1) is 9.04. The zero-order valence-corrected chi connectivity index (χ0v) is 12.7. The maximum absolute atomic E-state index is 4.07. The topological polar surface area (TPSA) is 3.24 Å². The maximum atomic E-state index is 4.07. The van der Waals surface area contributed by atoms with Crippen LogP contribution in [0.1, 0.15) is 40.0 Å². The van der Waals surface area contributed by atoms with E-state index in [9.17, 15) is 0 Å². The van der Waals surface area contributed by atoms with E-state index in [1.807, 2.05) is 13.0 Å². The first kappa shape index (κ1) is 15.6. The molecule has 0 radical (unpaired) electrons. The van der Waals surface area contributed by atoms with Crippen LogP contribution in [-0.4, -0.2) is 18.0 Å². The van der Waals surface area contributed by atoms with Gasteiger partial charge < -0.3 is 4.90 Å². The number of nitrogens with zero attached hydrogens (tertiary/aromatic N) is 1. The van der Waals surface area contributed by atoms with Crippen molar-refractivity contribution in [2.45, 2.75) is 40.0 Å².